The van der Waals surface area contributed by atoms with Crippen LogP contribution in [0.15, 0.2) is 47.5 Å². The first-order valence-electron chi connectivity index (χ1n) is 7.88. The van der Waals surface area contributed by atoms with Crippen molar-refractivity contribution < 1.29 is 18.7 Å². The summed E-state index contributed by atoms with van der Waals surface area (Å²) >= 11 is 0. The molecule has 0 saturated heterocycles. The fraction of sp³-hybridized carbons (Fsp3) is 0.263. The van der Waals surface area contributed by atoms with Crippen molar-refractivity contribution in [2.45, 2.75) is 19.3 Å². The Labute approximate surface area is 139 Å². The maximum atomic E-state index is 12.9. The summed E-state index contributed by atoms with van der Waals surface area (Å²) in [5, 5.41) is 0. The van der Waals surface area contributed by atoms with Crippen molar-refractivity contribution in [1.82, 2.24) is 0 Å². The highest BCUT2D eigenvalue weighted by atomic mass is 19.1. The van der Waals surface area contributed by atoms with Crippen molar-refractivity contribution in [1.29, 1.82) is 0 Å². The average molecular weight is 327 g/mol. The van der Waals surface area contributed by atoms with Crippen molar-refractivity contribution in [3.8, 4) is 5.75 Å². The number of halogens is 1. The van der Waals surface area contributed by atoms with E-state index in [1.54, 1.807) is 25.3 Å². The van der Waals surface area contributed by atoms with Crippen LogP contribution in [0.3, 0.4) is 0 Å². The van der Waals surface area contributed by atoms with Crippen LogP contribution < -0.4 is 4.74 Å². The van der Waals surface area contributed by atoms with Crippen molar-refractivity contribution in [2.24, 2.45) is 4.99 Å². The van der Waals surface area contributed by atoms with E-state index in [9.17, 15) is 9.18 Å². The normalized spacial score (nSPS) is 16.0. The monoisotopic (exact) mass is 327 g/mol. The van der Waals surface area contributed by atoms with Crippen molar-refractivity contribution in [3.63, 3.8) is 0 Å². The molecule has 0 fully saturated rings. The van der Waals surface area contributed by atoms with Crippen LogP contribution in [-0.2, 0) is 9.53 Å². The van der Waals surface area contributed by atoms with Crippen LogP contribution >= 0.6 is 0 Å². The lowest BCUT2D eigenvalue weighted by Crippen LogP contribution is -2.11. The number of benzene rings is 2. The van der Waals surface area contributed by atoms with Gasteiger partial charge in [0, 0.05) is 23.3 Å². The minimum absolute atomic E-state index is 0.00165. The Balaban J connectivity index is 1.78. The first kappa shape index (κ1) is 16.2. The predicted molar refractivity (Wildman–Crippen MR) is 89.6 cm³/mol. The second-order valence-electron chi connectivity index (χ2n) is 5.52. The molecule has 1 atom stereocenters. The Morgan fingerprint density at radius 1 is 1.33 bits per heavy atom. The molecule has 1 heterocycles. The van der Waals surface area contributed by atoms with E-state index >= 15 is 0 Å². The van der Waals surface area contributed by atoms with Crippen molar-refractivity contribution in [2.75, 3.05) is 13.2 Å². The molecule has 4 nitrogen and oxygen atoms in total. The van der Waals surface area contributed by atoms with Gasteiger partial charge in [-0.3, -0.25) is 9.79 Å². The molecular formula is C19H18FNO3. The standard InChI is InChI=1S/C19H18FNO3/c1-2-23-18(22)10-14-12-24-19-13(4-3-5-17(14)19)11-21-16-8-6-15(20)7-9-16/h3-9,11,14H,2,10,12H2,1H3. The molecule has 24 heavy (non-hydrogen) atoms. The lowest BCUT2D eigenvalue weighted by Gasteiger charge is -2.08. The van der Waals surface area contributed by atoms with Crippen LogP contribution in [-0.4, -0.2) is 25.4 Å². The Morgan fingerprint density at radius 3 is 2.88 bits per heavy atom. The molecule has 0 bridgehead atoms. The number of rotatable bonds is 5. The molecule has 2 aromatic carbocycles. The first-order valence-corrected chi connectivity index (χ1v) is 7.88. The van der Waals surface area contributed by atoms with E-state index in [2.05, 4.69) is 4.99 Å². The summed E-state index contributed by atoms with van der Waals surface area (Å²) in [6.45, 7) is 2.63. The highest BCUT2D eigenvalue weighted by Crippen LogP contribution is 2.38. The topological polar surface area (TPSA) is 47.9 Å². The molecular weight excluding hydrogens is 309 g/mol. The number of esters is 1. The van der Waals surface area contributed by atoms with Gasteiger partial charge >= 0.3 is 5.97 Å². The third-order valence-electron chi connectivity index (χ3n) is 3.84. The van der Waals surface area contributed by atoms with Gasteiger partial charge < -0.3 is 9.47 Å². The number of hydrogen-bond acceptors (Lipinski definition) is 4. The number of aliphatic imine (C=N–C) groups is 1. The zero-order valence-electron chi connectivity index (χ0n) is 13.4. The molecule has 0 aromatic heterocycles. The number of para-hydroxylation sites is 1. The summed E-state index contributed by atoms with van der Waals surface area (Å²) in [5.74, 6) is 0.236. The van der Waals surface area contributed by atoms with Gasteiger partial charge in [-0.25, -0.2) is 4.39 Å². The lowest BCUT2D eigenvalue weighted by molar-refractivity contribution is -0.143. The van der Waals surface area contributed by atoms with Gasteiger partial charge in [0.25, 0.3) is 0 Å². The van der Waals surface area contributed by atoms with E-state index in [4.69, 9.17) is 9.47 Å². The molecule has 2 aromatic rings. The van der Waals surface area contributed by atoms with E-state index in [-0.39, 0.29) is 17.7 Å². The minimum Gasteiger partial charge on any atom is -0.492 e. The highest BCUT2D eigenvalue weighted by Gasteiger charge is 2.28. The molecule has 0 saturated carbocycles. The third kappa shape index (κ3) is 3.62. The number of carbonyl (C=O) groups excluding carboxylic acids is 1. The molecule has 0 spiro atoms. The second-order valence-corrected chi connectivity index (χ2v) is 5.52. The second kappa shape index (κ2) is 7.25. The summed E-state index contributed by atoms with van der Waals surface area (Å²) < 4.78 is 23.7. The summed E-state index contributed by atoms with van der Waals surface area (Å²) in [6.07, 6.45) is 2.00. The quantitative estimate of drug-likeness (QED) is 0.616. The minimum atomic E-state index is -0.292. The number of hydrogen-bond donors (Lipinski definition) is 0. The molecule has 1 aliphatic rings. The molecule has 1 unspecified atom stereocenters. The van der Waals surface area contributed by atoms with Gasteiger partial charge in [-0.2, -0.15) is 0 Å². The van der Waals surface area contributed by atoms with Gasteiger partial charge in [0.05, 0.1) is 25.3 Å². The van der Waals surface area contributed by atoms with E-state index in [1.165, 1.54) is 12.1 Å². The van der Waals surface area contributed by atoms with E-state index in [1.807, 2.05) is 18.2 Å². The van der Waals surface area contributed by atoms with Gasteiger partial charge in [0.15, 0.2) is 0 Å². The SMILES string of the molecule is CCOC(=O)CC1COc2c(C=Nc3ccc(F)cc3)cccc21. The Morgan fingerprint density at radius 2 is 2.12 bits per heavy atom. The van der Waals surface area contributed by atoms with E-state index in [0.29, 0.717) is 25.3 Å². The number of carbonyl (C=O) groups is 1. The lowest BCUT2D eigenvalue weighted by atomic mass is 9.96. The smallest absolute Gasteiger partial charge is 0.306 e. The Hall–Kier alpha value is -2.69. The molecule has 0 radical (unpaired) electrons. The van der Waals surface area contributed by atoms with Crippen LogP contribution in [0.25, 0.3) is 0 Å². The number of fused-ring (bicyclic) bond motifs is 1. The highest BCUT2D eigenvalue weighted by molar-refractivity contribution is 5.86. The molecule has 0 amide bonds. The number of ether oxygens (including phenoxy) is 2. The van der Waals surface area contributed by atoms with Gasteiger partial charge in [0.2, 0.25) is 0 Å². The molecule has 5 heteroatoms. The number of nitrogens with zero attached hydrogens (tertiary/aromatic N) is 1. The van der Waals surface area contributed by atoms with Gasteiger partial charge in [-0.1, -0.05) is 12.1 Å². The molecule has 0 N–H and O–H groups in total. The van der Waals surface area contributed by atoms with Crippen LogP contribution in [0.5, 0.6) is 5.75 Å². The average Bonchev–Trinajstić information content (AvgIpc) is 2.98. The molecule has 1 aliphatic heterocycles. The van der Waals surface area contributed by atoms with Crippen LogP contribution in [0, 0.1) is 5.82 Å². The van der Waals surface area contributed by atoms with Gasteiger partial charge in [-0.05, 0) is 37.3 Å². The molecule has 3 rings (SSSR count). The summed E-state index contributed by atoms with van der Waals surface area (Å²) in [7, 11) is 0. The maximum Gasteiger partial charge on any atom is 0.306 e. The van der Waals surface area contributed by atoms with E-state index in [0.717, 1.165) is 16.9 Å². The van der Waals surface area contributed by atoms with Gasteiger partial charge in [0.1, 0.15) is 11.6 Å². The fourth-order valence-electron chi connectivity index (χ4n) is 2.70. The van der Waals surface area contributed by atoms with E-state index < -0.39 is 0 Å². The Kier molecular flexibility index (Phi) is 4.89. The Bertz CT molecular complexity index is 756. The summed E-state index contributed by atoms with van der Waals surface area (Å²) in [4.78, 5) is 16.0. The zero-order valence-corrected chi connectivity index (χ0v) is 13.4. The van der Waals surface area contributed by atoms with Crippen LogP contribution in [0.4, 0.5) is 10.1 Å². The van der Waals surface area contributed by atoms with Crippen molar-refractivity contribution in [3.05, 3.63) is 59.4 Å². The summed E-state index contributed by atoms with van der Waals surface area (Å²) in [5.41, 5.74) is 2.49. The predicted octanol–water partition coefficient (Wildman–Crippen LogP) is 4.01. The van der Waals surface area contributed by atoms with Crippen LogP contribution in [0.2, 0.25) is 0 Å². The first-order chi connectivity index (χ1) is 11.7. The fourth-order valence-corrected chi connectivity index (χ4v) is 2.70. The molecule has 124 valence electrons. The molecule has 0 aliphatic carbocycles. The van der Waals surface area contributed by atoms with Crippen molar-refractivity contribution >= 4 is 17.9 Å². The largest absolute Gasteiger partial charge is 0.492 e. The third-order valence-corrected chi connectivity index (χ3v) is 3.84. The van der Waals surface area contributed by atoms with Gasteiger partial charge in [-0.15, -0.1) is 0 Å². The summed E-state index contributed by atoms with van der Waals surface area (Å²) in [6, 6.07) is 11.7. The zero-order chi connectivity index (χ0) is 16.9. The maximum absolute atomic E-state index is 12.9. The van der Waals surface area contributed by atoms with Crippen LogP contribution in [0.1, 0.15) is 30.4 Å².